The fourth-order valence-electron chi connectivity index (χ4n) is 1.63. The Kier molecular flexibility index (Phi) is 5.91. The lowest BCUT2D eigenvalue weighted by molar-refractivity contribution is -0.132. The van der Waals surface area contributed by atoms with Crippen molar-refractivity contribution < 1.29 is 33.3 Å². The Balaban J connectivity index is 3.48. The van der Waals surface area contributed by atoms with Crippen LogP contribution in [0.4, 0.5) is 0 Å². The van der Waals surface area contributed by atoms with Crippen molar-refractivity contribution in [3.8, 4) is 17.2 Å². The minimum absolute atomic E-state index is 0.0275. The molecular weight excluding hydrogens is 292 g/mol. The zero-order chi connectivity index (χ0) is 16.9. The second-order valence-electron chi connectivity index (χ2n) is 4.65. The molecule has 7 heteroatoms. The van der Waals surface area contributed by atoms with Crippen LogP contribution in [-0.2, 0) is 14.3 Å². The van der Waals surface area contributed by atoms with Gasteiger partial charge in [-0.2, -0.15) is 0 Å². The summed E-state index contributed by atoms with van der Waals surface area (Å²) in [6.07, 6.45) is -0.271. The molecule has 0 saturated carbocycles. The van der Waals surface area contributed by atoms with Crippen LogP contribution in [0.2, 0.25) is 0 Å². The van der Waals surface area contributed by atoms with Gasteiger partial charge in [0.05, 0.1) is 18.8 Å². The molecule has 0 atom stereocenters. The smallest absolute Gasteiger partial charge is 0.338 e. The van der Waals surface area contributed by atoms with E-state index in [1.165, 1.54) is 33.1 Å². The molecule has 0 radical (unpaired) electrons. The van der Waals surface area contributed by atoms with Gasteiger partial charge in [0.1, 0.15) is 0 Å². The number of esters is 3. The molecule has 0 amide bonds. The monoisotopic (exact) mass is 310 g/mol. The molecule has 1 aromatic carbocycles. The van der Waals surface area contributed by atoms with Crippen molar-refractivity contribution in [2.75, 3.05) is 7.11 Å². The SMILES string of the molecule is COC(=O)c1cc(OC(C)=O)c(OC(C)C)c(OC(C)=O)c1. The molecule has 120 valence electrons. The highest BCUT2D eigenvalue weighted by Crippen LogP contribution is 2.40. The first-order chi connectivity index (χ1) is 10.2. The maximum absolute atomic E-state index is 11.7. The molecule has 0 bridgehead atoms. The van der Waals surface area contributed by atoms with Gasteiger partial charge in [0.2, 0.25) is 5.75 Å². The molecule has 0 aromatic heterocycles. The van der Waals surface area contributed by atoms with Crippen molar-refractivity contribution in [1.82, 2.24) is 0 Å². The number of benzene rings is 1. The Morgan fingerprint density at radius 3 is 1.73 bits per heavy atom. The van der Waals surface area contributed by atoms with E-state index in [-0.39, 0.29) is 28.9 Å². The third-order valence-electron chi connectivity index (χ3n) is 2.30. The average Bonchev–Trinajstić information content (AvgIpc) is 2.39. The summed E-state index contributed by atoms with van der Waals surface area (Å²) in [7, 11) is 1.21. The number of methoxy groups -OCH3 is 1. The van der Waals surface area contributed by atoms with Crippen LogP contribution in [0, 0.1) is 0 Å². The van der Waals surface area contributed by atoms with Gasteiger partial charge in [0, 0.05) is 13.8 Å². The lowest BCUT2D eigenvalue weighted by Gasteiger charge is -2.17. The highest BCUT2D eigenvalue weighted by atomic mass is 16.6. The van der Waals surface area contributed by atoms with Crippen molar-refractivity contribution in [2.45, 2.75) is 33.8 Å². The second-order valence-corrected chi connectivity index (χ2v) is 4.65. The fraction of sp³-hybridized carbons (Fsp3) is 0.400. The summed E-state index contributed by atoms with van der Waals surface area (Å²) >= 11 is 0. The van der Waals surface area contributed by atoms with Crippen molar-refractivity contribution in [3.63, 3.8) is 0 Å². The van der Waals surface area contributed by atoms with Gasteiger partial charge in [-0.05, 0) is 26.0 Å². The number of carbonyl (C=O) groups excluding carboxylic acids is 3. The summed E-state index contributed by atoms with van der Waals surface area (Å²) in [5, 5.41) is 0. The van der Waals surface area contributed by atoms with E-state index in [1.54, 1.807) is 13.8 Å². The largest absolute Gasteiger partial charge is 0.484 e. The molecule has 0 saturated heterocycles. The molecule has 0 aliphatic rings. The van der Waals surface area contributed by atoms with Gasteiger partial charge in [-0.1, -0.05) is 0 Å². The van der Waals surface area contributed by atoms with Crippen LogP contribution in [0.3, 0.4) is 0 Å². The first kappa shape index (κ1) is 17.5. The van der Waals surface area contributed by atoms with E-state index in [1.807, 2.05) is 0 Å². The van der Waals surface area contributed by atoms with Crippen molar-refractivity contribution in [1.29, 1.82) is 0 Å². The second kappa shape index (κ2) is 7.44. The molecule has 0 fully saturated rings. The van der Waals surface area contributed by atoms with Crippen LogP contribution in [0.15, 0.2) is 12.1 Å². The number of ether oxygens (including phenoxy) is 4. The van der Waals surface area contributed by atoms with Gasteiger partial charge in [-0.25, -0.2) is 4.79 Å². The summed E-state index contributed by atoms with van der Waals surface area (Å²) < 4.78 is 20.2. The van der Waals surface area contributed by atoms with Gasteiger partial charge in [-0.15, -0.1) is 0 Å². The Labute approximate surface area is 128 Å². The van der Waals surface area contributed by atoms with E-state index in [4.69, 9.17) is 14.2 Å². The normalized spacial score (nSPS) is 10.1. The number of hydrogen-bond donors (Lipinski definition) is 0. The molecule has 0 N–H and O–H groups in total. The number of rotatable bonds is 5. The molecule has 0 aliphatic heterocycles. The first-order valence-electron chi connectivity index (χ1n) is 6.54. The summed E-state index contributed by atoms with van der Waals surface area (Å²) in [5.74, 6) is -1.87. The van der Waals surface area contributed by atoms with Crippen LogP contribution < -0.4 is 14.2 Å². The molecular formula is C15H18O7. The summed E-state index contributed by atoms with van der Waals surface area (Å²) in [5.41, 5.74) is 0.0612. The maximum atomic E-state index is 11.7. The third-order valence-corrected chi connectivity index (χ3v) is 2.30. The van der Waals surface area contributed by atoms with E-state index in [0.29, 0.717) is 0 Å². The van der Waals surface area contributed by atoms with E-state index in [9.17, 15) is 14.4 Å². The van der Waals surface area contributed by atoms with Crippen LogP contribution in [-0.4, -0.2) is 31.1 Å². The molecule has 1 aromatic rings. The number of carbonyl (C=O) groups is 3. The van der Waals surface area contributed by atoms with Crippen molar-refractivity contribution in [2.24, 2.45) is 0 Å². The molecule has 1 rings (SSSR count). The lowest BCUT2D eigenvalue weighted by Crippen LogP contribution is -2.13. The van der Waals surface area contributed by atoms with Gasteiger partial charge in [0.15, 0.2) is 11.5 Å². The van der Waals surface area contributed by atoms with E-state index >= 15 is 0 Å². The van der Waals surface area contributed by atoms with Gasteiger partial charge in [0.25, 0.3) is 0 Å². The van der Waals surface area contributed by atoms with Crippen LogP contribution in [0.25, 0.3) is 0 Å². The molecule has 22 heavy (non-hydrogen) atoms. The van der Waals surface area contributed by atoms with Crippen LogP contribution >= 0.6 is 0 Å². The van der Waals surface area contributed by atoms with Crippen LogP contribution in [0.1, 0.15) is 38.1 Å². The molecule has 7 nitrogen and oxygen atoms in total. The fourth-order valence-corrected chi connectivity index (χ4v) is 1.63. The molecule has 0 spiro atoms. The predicted octanol–water partition coefficient (Wildman–Crippen LogP) is 2.11. The minimum atomic E-state index is -0.669. The topological polar surface area (TPSA) is 88.1 Å². The van der Waals surface area contributed by atoms with E-state index < -0.39 is 17.9 Å². The van der Waals surface area contributed by atoms with Gasteiger partial charge >= 0.3 is 17.9 Å². The zero-order valence-electron chi connectivity index (χ0n) is 13.1. The van der Waals surface area contributed by atoms with Crippen molar-refractivity contribution >= 4 is 17.9 Å². The van der Waals surface area contributed by atoms with Crippen LogP contribution in [0.5, 0.6) is 17.2 Å². The Bertz CT molecular complexity index is 553. The highest BCUT2D eigenvalue weighted by molar-refractivity contribution is 5.91. The Morgan fingerprint density at radius 2 is 1.41 bits per heavy atom. The van der Waals surface area contributed by atoms with Gasteiger partial charge < -0.3 is 18.9 Å². The standard InChI is InChI=1S/C15H18O7/c1-8(2)20-14-12(21-9(3)16)6-11(15(18)19-5)7-13(14)22-10(4)17/h6-8H,1-5H3. The van der Waals surface area contributed by atoms with Crippen molar-refractivity contribution in [3.05, 3.63) is 17.7 Å². The summed E-state index contributed by atoms with van der Waals surface area (Å²) in [6, 6.07) is 2.58. The molecule has 0 aliphatic carbocycles. The maximum Gasteiger partial charge on any atom is 0.338 e. The Hall–Kier alpha value is -2.57. The summed E-state index contributed by atoms with van der Waals surface area (Å²) in [4.78, 5) is 34.1. The van der Waals surface area contributed by atoms with E-state index in [0.717, 1.165) is 0 Å². The highest BCUT2D eigenvalue weighted by Gasteiger charge is 2.22. The first-order valence-corrected chi connectivity index (χ1v) is 6.54. The lowest BCUT2D eigenvalue weighted by atomic mass is 10.1. The van der Waals surface area contributed by atoms with Gasteiger partial charge in [-0.3, -0.25) is 9.59 Å². The zero-order valence-corrected chi connectivity index (χ0v) is 13.1. The molecule has 0 heterocycles. The molecule has 0 unspecified atom stereocenters. The predicted molar refractivity (Wildman–Crippen MR) is 76.2 cm³/mol. The quantitative estimate of drug-likeness (QED) is 0.608. The minimum Gasteiger partial charge on any atom is -0.484 e. The Morgan fingerprint density at radius 1 is 0.955 bits per heavy atom. The van der Waals surface area contributed by atoms with E-state index in [2.05, 4.69) is 4.74 Å². The average molecular weight is 310 g/mol. The number of hydrogen-bond acceptors (Lipinski definition) is 7. The third kappa shape index (κ3) is 4.76. The summed E-state index contributed by atoms with van der Waals surface area (Å²) in [6.45, 7) is 5.91.